The molecule has 0 aliphatic rings. The lowest BCUT2D eigenvalue weighted by Crippen LogP contribution is -2.10. The van der Waals surface area contributed by atoms with Gasteiger partial charge in [-0.05, 0) is 36.1 Å². The molecule has 1 heterocycles. The number of carboxylic acid groups (broad SMARTS) is 1. The average molecular weight is 285 g/mol. The average Bonchev–Trinajstić information content (AvgIpc) is 2.37. The maximum Gasteiger partial charge on any atom is 0.335 e. The number of carbonyl (C=O) groups is 1. The molecule has 0 bridgehead atoms. The molecule has 0 atom stereocenters. The summed E-state index contributed by atoms with van der Waals surface area (Å²) in [5.74, 6) is -0.0678. The Morgan fingerprint density at radius 3 is 2.29 bits per heavy atom. The first-order valence-corrected chi connectivity index (χ1v) is 6.76. The quantitative estimate of drug-likeness (QED) is 0.919. The molecule has 0 fully saturated rings. The molecule has 0 spiro atoms. The molecule has 0 saturated heterocycles. The van der Waals surface area contributed by atoms with E-state index in [-0.39, 0.29) is 16.9 Å². The van der Waals surface area contributed by atoms with E-state index in [9.17, 15) is 4.79 Å². The van der Waals surface area contributed by atoms with Crippen molar-refractivity contribution in [2.75, 3.05) is 0 Å². The molecule has 1 aromatic heterocycles. The second-order valence-electron chi connectivity index (χ2n) is 6.02. The second kappa shape index (κ2) is 5.56. The predicted molar refractivity (Wildman–Crippen MR) is 81.1 cm³/mol. The molecule has 0 radical (unpaired) electrons. The van der Waals surface area contributed by atoms with Crippen molar-refractivity contribution in [3.05, 3.63) is 53.2 Å². The molecule has 0 saturated carbocycles. The lowest BCUT2D eigenvalue weighted by atomic mass is 9.87. The Kier molecular flexibility index (Phi) is 3.98. The van der Waals surface area contributed by atoms with Gasteiger partial charge < -0.3 is 9.84 Å². The van der Waals surface area contributed by atoms with Gasteiger partial charge in [0.15, 0.2) is 0 Å². The minimum Gasteiger partial charge on any atom is -0.478 e. The van der Waals surface area contributed by atoms with E-state index in [1.165, 1.54) is 17.7 Å². The largest absolute Gasteiger partial charge is 0.478 e. The summed E-state index contributed by atoms with van der Waals surface area (Å²) in [6.07, 6.45) is 0. The number of aromatic carboxylic acids is 1. The fourth-order valence-corrected chi connectivity index (χ4v) is 1.96. The first-order chi connectivity index (χ1) is 9.75. The molecule has 0 amide bonds. The van der Waals surface area contributed by atoms with Gasteiger partial charge in [-0.15, -0.1) is 0 Å². The Morgan fingerprint density at radius 2 is 1.76 bits per heavy atom. The maximum absolute atomic E-state index is 11.0. The Balaban J connectivity index is 2.24. The van der Waals surface area contributed by atoms with Crippen LogP contribution in [-0.4, -0.2) is 16.1 Å². The molecule has 4 nitrogen and oxygen atoms in total. The van der Waals surface area contributed by atoms with E-state index in [0.29, 0.717) is 11.4 Å². The smallest absolute Gasteiger partial charge is 0.335 e. The summed E-state index contributed by atoms with van der Waals surface area (Å²) in [5.41, 5.74) is 2.06. The SMILES string of the molecule is Cc1cc(C(=O)O)cc(Oc2ccc(C(C)(C)C)cc2)n1. The zero-order chi connectivity index (χ0) is 15.6. The molecule has 0 unspecified atom stereocenters. The van der Waals surface area contributed by atoms with Crippen LogP contribution < -0.4 is 4.74 Å². The number of benzene rings is 1. The highest BCUT2D eigenvalue weighted by Gasteiger charge is 2.13. The summed E-state index contributed by atoms with van der Waals surface area (Å²) in [6.45, 7) is 8.17. The molecule has 1 aromatic carbocycles. The standard InChI is InChI=1S/C17H19NO3/c1-11-9-12(16(19)20)10-15(18-11)21-14-7-5-13(6-8-14)17(2,3)4/h5-10H,1-4H3,(H,19,20). The molecule has 110 valence electrons. The van der Waals surface area contributed by atoms with Crippen LogP contribution in [0.2, 0.25) is 0 Å². The number of rotatable bonds is 3. The van der Waals surface area contributed by atoms with E-state index in [4.69, 9.17) is 9.84 Å². The third-order valence-corrected chi connectivity index (χ3v) is 3.12. The fourth-order valence-electron chi connectivity index (χ4n) is 1.96. The zero-order valence-electron chi connectivity index (χ0n) is 12.7. The fraction of sp³-hybridized carbons (Fsp3) is 0.294. The van der Waals surface area contributed by atoms with Gasteiger partial charge in [0.05, 0.1) is 5.56 Å². The van der Waals surface area contributed by atoms with Crippen molar-refractivity contribution in [2.24, 2.45) is 0 Å². The molecular formula is C17H19NO3. The highest BCUT2D eigenvalue weighted by Crippen LogP contribution is 2.26. The number of nitrogens with zero attached hydrogens (tertiary/aromatic N) is 1. The number of hydrogen-bond donors (Lipinski definition) is 1. The van der Waals surface area contributed by atoms with E-state index in [1.807, 2.05) is 24.3 Å². The van der Waals surface area contributed by atoms with Gasteiger partial charge in [-0.1, -0.05) is 32.9 Å². The van der Waals surface area contributed by atoms with Crippen molar-refractivity contribution >= 4 is 5.97 Å². The molecule has 0 aliphatic heterocycles. The maximum atomic E-state index is 11.0. The van der Waals surface area contributed by atoms with Crippen LogP contribution in [-0.2, 0) is 5.41 Å². The van der Waals surface area contributed by atoms with Gasteiger partial charge in [0.25, 0.3) is 0 Å². The summed E-state index contributed by atoms with van der Waals surface area (Å²) < 4.78 is 5.64. The van der Waals surface area contributed by atoms with Gasteiger partial charge in [-0.2, -0.15) is 0 Å². The van der Waals surface area contributed by atoms with Crippen LogP contribution in [0, 0.1) is 6.92 Å². The van der Waals surface area contributed by atoms with E-state index in [1.54, 1.807) is 6.92 Å². The van der Waals surface area contributed by atoms with Crippen molar-refractivity contribution in [3.8, 4) is 11.6 Å². The van der Waals surface area contributed by atoms with Crippen molar-refractivity contribution < 1.29 is 14.6 Å². The van der Waals surface area contributed by atoms with Crippen LogP contribution >= 0.6 is 0 Å². The van der Waals surface area contributed by atoms with E-state index in [2.05, 4.69) is 25.8 Å². The summed E-state index contributed by atoms with van der Waals surface area (Å²) in [7, 11) is 0. The first kappa shape index (κ1) is 15.0. The third kappa shape index (κ3) is 3.81. The molecular weight excluding hydrogens is 266 g/mol. The van der Waals surface area contributed by atoms with Crippen molar-refractivity contribution in [1.29, 1.82) is 0 Å². The van der Waals surface area contributed by atoms with Gasteiger partial charge in [0, 0.05) is 11.8 Å². The van der Waals surface area contributed by atoms with Gasteiger partial charge in [-0.3, -0.25) is 0 Å². The van der Waals surface area contributed by atoms with Crippen LogP contribution in [0.1, 0.15) is 42.4 Å². The van der Waals surface area contributed by atoms with Crippen LogP contribution in [0.4, 0.5) is 0 Å². The van der Waals surface area contributed by atoms with Crippen molar-refractivity contribution in [1.82, 2.24) is 4.98 Å². The van der Waals surface area contributed by atoms with Gasteiger partial charge in [0.1, 0.15) is 5.75 Å². The highest BCUT2D eigenvalue weighted by molar-refractivity contribution is 5.88. The molecule has 21 heavy (non-hydrogen) atoms. The van der Waals surface area contributed by atoms with Crippen LogP contribution in [0.15, 0.2) is 36.4 Å². The van der Waals surface area contributed by atoms with Gasteiger partial charge >= 0.3 is 5.97 Å². The molecule has 0 aliphatic carbocycles. The van der Waals surface area contributed by atoms with Crippen LogP contribution in [0.25, 0.3) is 0 Å². The normalized spacial score (nSPS) is 11.2. The summed E-state index contributed by atoms with van der Waals surface area (Å²) in [5, 5.41) is 9.04. The monoisotopic (exact) mass is 285 g/mol. The minimum absolute atomic E-state index is 0.0800. The lowest BCUT2D eigenvalue weighted by molar-refractivity contribution is 0.0696. The van der Waals surface area contributed by atoms with Crippen molar-refractivity contribution in [3.63, 3.8) is 0 Å². The lowest BCUT2D eigenvalue weighted by Gasteiger charge is -2.19. The van der Waals surface area contributed by atoms with E-state index in [0.717, 1.165) is 0 Å². The molecule has 4 heteroatoms. The van der Waals surface area contributed by atoms with Crippen molar-refractivity contribution in [2.45, 2.75) is 33.1 Å². The molecule has 1 N–H and O–H groups in total. The van der Waals surface area contributed by atoms with Crippen LogP contribution in [0.5, 0.6) is 11.6 Å². The Hall–Kier alpha value is -2.36. The Labute approximate surface area is 124 Å². The number of aryl methyl sites for hydroxylation is 1. The number of pyridine rings is 1. The predicted octanol–water partition coefficient (Wildman–Crippen LogP) is 4.18. The Bertz CT molecular complexity index is 655. The molecule has 2 aromatic rings. The topological polar surface area (TPSA) is 59.4 Å². The van der Waals surface area contributed by atoms with Gasteiger partial charge in [-0.25, -0.2) is 9.78 Å². The van der Waals surface area contributed by atoms with Crippen LogP contribution in [0.3, 0.4) is 0 Å². The van der Waals surface area contributed by atoms with Gasteiger partial charge in [0.2, 0.25) is 5.88 Å². The number of carboxylic acids is 1. The summed E-state index contributed by atoms with van der Waals surface area (Å²) >= 11 is 0. The minimum atomic E-state index is -0.992. The zero-order valence-corrected chi connectivity index (χ0v) is 12.7. The number of aromatic nitrogens is 1. The Morgan fingerprint density at radius 1 is 1.14 bits per heavy atom. The highest BCUT2D eigenvalue weighted by atomic mass is 16.5. The molecule has 2 rings (SSSR count). The third-order valence-electron chi connectivity index (χ3n) is 3.12. The van der Waals surface area contributed by atoms with E-state index < -0.39 is 5.97 Å². The summed E-state index contributed by atoms with van der Waals surface area (Å²) in [4.78, 5) is 15.2. The summed E-state index contributed by atoms with van der Waals surface area (Å²) in [6, 6.07) is 10.7. The first-order valence-electron chi connectivity index (χ1n) is 6.76. The second-order valence-corrected chi connectivity index (χ2v) is 6.02. The number of ether oxygens (including phenoxy) is 1. The van der Waals surface area contributed by atoms with E-state index >= 15 is 0 Å². The number of hydrogen-bond acceptors (Lipinski definition) is 3.